The van der Waals surface area contributed by atoms with Gasteiger partial charge < -0.3 is 19.9 Å². The van der Waals surface area contributed by atoms with Crippen LogP contribution in [0.2, 0.25) is 0 Å². The van der Waals surface area contributed by atoms with Crippen molar-refractivity contribution in [3.05, 3.63) is 94.5 Å². The average Bonchev–Trinajstić information content (AvgIpc) is 3.70. The van der Waals surface area contributed by atoms with Crippen molar-refractivity contribution in [2.24, 2.45) is 0 Å². The second-order valence-electron chi connectivity index (χ2n) is 10.6. The Morgan fingerprint density at radius 3 is 2.65 bits per heavy atom. The minimum absolute atomic E-state index is 0.108. The van der Waals surface area contributed by atoms with Crippen LogP contribution in [-0.2, 0) is 28.9 Å². The van der Waals surface area contributed by atoms with Crippen molar-refractivity contribution in [2.45, 2.75) is 49.8 Å². The number of aromatic nitrogens is 1. The zero-order valence-corrected chi connectivity index (χ0v) is 25.8. The highest BCUT2D eigenvalue weighted by molar-refractivity contribution is 8.00. The topological polar surface area (TPSA) is 89.4 Å². The first-order valence-electron chi connectivity index (χ1n) is 14.6. The highest BCUT2D eigenvalue weighted by Crippen LogP contribution is 2.40. The molecule has 9 heteroatoms. The number of hydrogen-bond donors (Lipinski definition) is 2. The Morgan fingerprint density at radius 2 is 1.81 bits per heavy atom. The van der Waals surface area contributed by atoms with E-state index < -0.39 is 5.25 Å². The van der Waals surface area contributed by atoms with Crippen molar-refractivity contribution in [1.82, 2.24) is 9.88 Å². The summed E-state index contributed by atoms with van der Waals surface area (Å²) < 4.78 is 7.43. The maximum atomic E-state index is 13.4. The van der Waals surface area contributed by atoms with Gasteiger partial charge in [0, 0.05) is 45.5 Å². The second-order valence-corrected chi connectivity index (χ2v) is 13.0. The third kappa shape index (κ3) is 6.05. The number of anilines is 1. The van der Waals surface area contributed by atoms with Gasteiger partial charge in [0.2, 0.25) is 5.91 Å². The molecule has 0 bridgehead atoms. The number of thiophene rings is 1. The fourth-order valence-corrected chi connectivity index (χ4v) is 7.90. The van der Waals surface area contributed by atoms with Crippen LogP contribution >= 0.6 is 23.1 Å². The number of nitrogens with one attached hydrogen (secondary N) is 2. The number of fused-ring (bicyclic) bond motifs is 3. The third-order valence-corrected chi connectivity index (χ3v) is 10.1. The predicted molar refractivity (Wildman–Crippen MR) is 174 cm³/mol. The van der Waals surface area contributed by atoms with E-state index >= 15 is 0 Å². The SMILES string of the molecule is CCOC(=O)c1c(NC(=O)[C@H](C)Sc2cn(CCNC(=O)c3ccc4ccccc4c3)c3ccccc23)sc2c1CCC2. The van der Waals surface area contributed by atoms with E-state index in [4.69, 9.17) is 4.74 Å². The van der Waals surface area contributed by atoms with Gasteiger partial charge in [-0.05, 0) is 67.6 Å². The molecule has 2 heterocycles. The zero-order chi connectivity index (χ0) is 29.9. The fourth-order valence-electron chi connectivity index (χ4n) is 5.58. The standard InChI is InChI=1S/C34H33N3O4S2/c1-3-41-34(40)30-26-12-8-14-28(26)43-33(30)36-31(38)21(2)42-29-20-37(27-13-7-6-11-25(27)29)18-17-35-32(39)24-16-15-22-9-4-5-10-23(22)19-24/h4-7,9-11,13,15-16,19-21H,3,8,12,14,17-18H2,1-2H3,(H,35,39)(H,36,38)/t21-/m0/s1. The summed E-state index contributed by atoms with van der Waals surface area (Å²) in [6.45, 7) is 5.01. The van der Waals surface area contributed by atoms with Crippen LogP contribution in [0.5, 0.6) is 0 Å². The Morgan fingerprint density at radius 1 is 1.02 bits per heavy atom. The first-order chi connectivity index (χ1) is 20.9. The minimum atomic E-state index is -0.404. The normalized spacial score (nSPS) is 13.2. The Balaban J connectivity index is 1.13. The number of carbonyl (C=O) groups is 3. The van der Waals surface area contributed by atoms with E-state index in [0.717, 1.165) is 56.3 Å². The van der Waals surface area contributed by atoms with Gasteiger partial charge in [0.1, 0.15) is 5.00 Å². The molecule has 43 heavy (non-hydrogen) atoms. The number of nitrogens with zero attached hydrogens (tertiary/aromatic N) is 1. The molecule has 1 aliphatic carbocycles. The largest absolute Gasteiger partial charge is 0.462 e. The smallest absolute Gasteiger partial charge is 0.341 e. The van der Waals surface area contributed by atoms with Crippen molar-refractivity contribution < 1.29 is 19.1 Å². The van der Waals surface area contributed by atoms with Crippen LogP contribution in [0.4, 0.5) is 5.00 Å². The molecule has 2 aromatic heterocycles. The molecule has 1 aliphatic rings. The molecule has 7 nitrogen and oxygen atoms in total. The monoisotopic (exact) mass is 611 g/mol. The number of aryl methyl sites for hydroxylation is 1. The Hall–Kier alpha value is -4.08. The lowest BCUT2D eigenvalue weighted by molar-refractivity contribution is -0.115. The van der Waals surface area contributed by atoms with E-state index in [1.807, 2.05) is 73.8 Å². The van der Waals surface area contributed by atoms with E-state index in [-0.39, 0.29) is 17.8 Å². The highest BCUT2D eigenvalue weighted by Gasteiger charge is 2.29. The second kappa shape index (κ2) is 12.7. The molecule has 0 radical (unpaired) electrons. The molecule has 220 valence electrons. The summed E-state index contributed by atoms with van der Waals surface area (Å²) in [6.07, 6.45) is 4.83. The fraction of sp³-hybridized carbons (Fsp3) is 0.265. The maximum Gasteiger partial charge on any atom is 0.341 e. The van der Waals surface area contributed by atoms with Crippen LogP contribution < -0.4 is 10.6 Å². The Bertz CT molecular complexity index is 1840. The number of benzene rings is 3. The Kier molecular flexibility index (Phi) is 8.54. The van der Waals surface area contributed by atoms with Gasteiger partial charge in [-0.15, -0.1) is 23.1 Å². The maximum absolute atomic E-state index is 13.4. The molecule has 0 spiro atoms. The van der Waals surface area contributed by atoms with Crippen LogP contribution in [-0.4, -0.2) is 40.8 Å². The number of hydrogen-bond acceptors (Lipinski definition) is 6. The highest BCUT2D eigenvalue weighted by atomic mass is 32.2. The summed E-state index contributed by atoms with van der Waals surface area (Å²) in [4.78, 5) is 41.1. The molecule has 0 saturated heterocycles. The summed E-state index contributed by atoms with van der Waals surface area (Å²) >= 11 is 2.97. The number of para-hydroxylation sites is 1. The Labute approximate surface area is 258 Å². The van der Waals surface area contributed by atoms with Crippen LogP contribution in [0, 0.1) is 0 Å². The number of rotatable bonds is 10. The van der Waals surface area contributed by atoms with E-state index in [9.17, 15) is 14.4 Å². The summed E-state index contributed by atoms with van der Waals surface area (Å²) in [5.74, 6) is -0.632. The first-order valence-corrected chi connectivity index (χ1v) is 16.3. The molecule has 0 fully saturated rings. The van der Waals surface area contributed by atoms with Gasteiger partial charge in [-0.25, -0.2) is 4.79 Å². The van der Waals surface area contributed by atoms with E-state index in [0.29, 0.717) is 35.8 Å². The lowest BCUT2D eigenvalue weighted by Crippen LogP contribution is -2.27. The molecule has 2 N–H and O–H groups in total. The molecular formula is C34H33N3O4S2. The van der Waals surface area contributed by atoms with Gasteiger partial charge >= 0.3 is 5.97 Å². The molecule has 6 rings (SSSR count). The number of ether oxygens (including phenoxy) is 1. The molecule has 0 unspecified atom stereocenters. The molecule has 0 saturated carbocycles. The summed E-state index contributed by atoms with van der Waals surface area (Å²) in [6, 6.07) is 21.8. The van der Waals surface area contributed by atoms with E-state index in [1.165, 1.54) is 23.1 Å². The predicted octanol–water partition coefficient (Wildman–Crippen LogP) is 7.07. The van der Waals surface area contributed by atoms with Crippen LogP contribution in [0.25, 0.3) is 21.7 Å². The first kappa shape index (κ1) is 29.0. The van der Waals surface area contributed by atoms with Crippen molar-refractivity contribution in [3.8, 4) is 0 Å². The van der Waals surface area contributed by atoms with Crippen molar-refractivity contribution >= 4 is 67.6 Å². The molecule has 0 aliphatic heterocycles. The van der Waals surface area contributed by atoms with Gasteiger partial charge in [0.05, 0.1) is 17.4 Å². The summed E-state index contributed by atoms with van der Waals surface area (Å²) in [5, 5.41) is 9.45. The quantitative estimate of drug-likeness (QED) is 0.130. The van der Waals surface area contributed by atoms with Gasteiger partial charge in [-0.2, -0.15) is 0 Å². The van der Waals surface area contributed by atoms with Crippen LogP contribution in [0.1, 0.15) is 51.4 Å². The van der Waals surface area contributed by atoms with Gasteiger partial charge in [0.15, 0.2) is 0 Å². The van der Waals surface area contributed by atoms with Crippen molar-refractivity contribution in [1.29, 1.82) is 0 Å². The number of carbonyl (C=O) groups excluding carboxylic acids is 3. The van der Waals surface area contributed by atoms with Crippen LogP contribution in [0.15, 0.2) is 77.8 Å². The minimum Gasteiger partial charge on any atom is -0.462 e. The third-order valence-electron chi connectivity index (χ3n) is 7.71. The zero-order valence-electron chi connectivity index (χ0n) is 24.1. The van der Waals surface area contributed by atoms with Crippen molar-refractivity contribution in [3.63, 3.8) is 0 Å². The molecular weight excluding hydrogens is 579 g/mol. The summed E-state index contributed by atoms with van der Waals surface area (Å²) in [5.41, 5.74) is 3.22. The van der Waals surface area contributed by atoms with Crippen molar-refractivity contribution in [2.75, 3.05) is 18.5 Å². The summed E-state index contributed by atoms with van der Waals surface area (Å²) in [7, 11) is 0. The molecule has 2 amide bonds. The lowest BCUT2D eigenvalue weighted by Gasteiger charge is -2.12. The van der Waals surface area contributed by atoms with Gasteiger partial charge in [-0.3, -0.25) is 9.59 Å². The molecule has 1 atom stereocenters. The van der Waals surface area contributed by atoms with E-state index in [1.54, 1.807) is 6.92 Å². The van der Waals surface area contributed by atoms with Gasteiger partial charge in [0.25, 0.3) is 5.91 Å². The van der Waals surface area contributed by atoms with E-state index in [2.05, 4.69) is 21.3 Å². The van der Waals surface area contributed by atoms with Crippen LogP contribution in [0.3, 0.4) is 0 Å². The number of thioether (sulfide) groups is 1. The average molecular weight is 612 g/mol. The molecule has 5 aromatic rings. The lowest BCUT2D eigenvalue weighted by atomic mass is 10.1. The number of esters is 1. The molecule has 3 aromatic carbocycles. The number of amides is 2. The van der Waals surface area contributed by atoms with Gasteiger partial charge in [-0.1, -0.05) is 48.5 Å².